The number of H-pyrrole nitrogens is 1. The summed E-state index contributed by atoms with van der Waals surface area (Å²) in [6, 6.07) is 3.22. The van der Waals surface area contributed by atoms with Crippen molar-refractivity contribution in [3.8, 4) is 0 Å². The van der Waals surface area contributed by atoms with Gasteiger partial charge in [0.25, 0.3) is 11.1 Å². The average molecular weight is 288 g/mol. The molecule has 0 amide bonds. The minimum absolute atomic E-state index is 0.0637. The van der Waals surface area contributed by atoms with Crippen LogP contribution in [0, 0.1) is 6.92 Å². The number of fused-ring (bicyclic) bond motifs is 1. The molecule has 0 aromatic carbocycles. The third kappa shape index (κ3) is 2.39. The van der Waals surface area contributed by atoms with Gasteiger partial charge in [-0.15, -0.1) is 11.3 Å². The molecular formula is C13H12N4O2S. The van der Waals surface area contributed by atoms with Crippen LogP contribution in [0.4, 0.5) is 0 Å². The molecule has 0 radical (unpaired) electrons. The molecule has 1 N–H and O–H groups in total. The Bertz CT molecular complexity index is 878. The highest BCUT2D eigenvalue weighted by molar-refractivity contribution is 7.16. The summed E-state index contributed by atoms with van der Waals surface area (Å²) < 4.78 is 1.54. The summed E-state index contributed by atoms with van der Waals surface area (Å²) in [6.07, 6.45) is 2.02. The molecule has 0 unspecified atom stereocenters. The Balaban J connectivity index is 1.88. The fourth-order valence-corrected chi connectivity index (χ4v) is 2.76. The van der Waals surface area contributed by atoms with Gasteiger partial charge in [-0.1, -0.05) is 0 Å². The van der Waals surface area contributed by atoms with Crippen LogP contribution in [-0.4, -0.2) is 19.5 Å². The van der Waals surface area contributed by atoms with Crippen LogP contribution in [0.3, 0.4) is 0 Å². The molecule has 3 heterocycles. The minimum Gasteiger partial charge on any atom is -0.310 e. The van der Waals surface area contributed by atoms with Crippen molar-refractivity contribution in [3.05, 3.63) is 56.1 Å². The SMILES string of the molecule is Cc1cc(=O)[nH]c(CCn2cnc3sccc3c2=O)n1. The van der Waals surface area contributed by atoms with Crippen molar-refractivity contribution in [3.63, 3.8) is 0 Å². The molecule has 0 saturated carbocycles. The summed E-state index contributed by atoms with van der Waals surface area (Å²) in [4.78, 5) is 35.4. The first kappa shape index (κ1) is 12.7. The van der Waals surface area contributed by atoms with Gasteiger partial charge in [-0.2, -0.15) is 0 Å². The Morgan fingerprint density at radius 2 is 2.25 bits per heavy atom. The zero-order valence-electron chi connectivity index (χ0n) is 10.8. The van der Waals surface area contributed by atoms with E-state index in [0.29, 0.717) is 29.9 Å². The maximum atomic E-state index is 12.2. The lowest BCUT2D eigenvalue weighted by molar-refractivity contribution is 0.640. The number of nitrogens with zero attached hydrogens (tertiary/aromatic N) is 3. The monoisotopic (exact) mass is 288 g/mol. The van der Waals surface area contributed by atoms with Gasteiger partial charge in [0.2, 0.25) is 0 Å². The zero-order valence-corrected chi connectivity index (χ0v) is 11.6. The average Bonchev–Trinajstić information content (AvgIpc) is 2.86. The predicted octanol–water partition coefficient (Wildman–Crippen LogP) is 1.09. The Hall–Kier alpha value is -2.28. The van der Waals surface area contributed by atoms with Crippen molar-refractivity contribution >= 4 is 21.6 Å². The molecule has 0 atom stereocenters. The second kappa shape index (κ2) is 5.01. The van der Waals surface area contributed by atoms with Gasteiger partial charge in [0.1, 0.15) is 10.7 Å². The number of aromatic nitrogens is 4. The highest BCUT2D eigenvalue weighted by Gasteiger charge is 2.06. The largest absolute Gasteiger partial charge is 0.310 e. The number of thiophene rings is 1. The van der Waals surface area contributed by atoms with Crippen molar-refractivity contribution in [1.82, 2.24) is 19.5 Å². The Morgan fingerprint density at radius 3 is 3.05 bits per heavy atom. The van der Waals surface area contributed by atoms with Crippen LogP contribution in [-0.2, 0) is 13.0 Å². The molecule has 6 nitrogen and oxygen atoms in total. The summed E-state index contributed by atoms with van der Waals surface area (Å²) in [7, 11) is 0. The van der Waals surface area contributed by atoms with Crippen molar-refractivity contribution in [2.24, 2.45) is 0 Å². The number of aryl methyl sites for hydroxylation is 3. The van der Waals surface area contributed by atoms with E-state index in [-0.39, 0.29) is 11.1 Å². The van der Waals surface area contributed by atoms with Gasteiger partial charge in [0, 0.05) is 24.7 Å². The van der Waals surface area contributed by atoms with Crippen molar-refractivity contribution in [1.29, 1.82) is 0 Å². The van der Waals surface area contributed by atoms with E-state index in [2.05, 4.69) is 15.0 Å². The molecule has 0 saturated heterocycles. The number of nitrogens with one attached hydrogen (secondary N) is 1. The van der Waals surface area contributed by atoms with Crippen molar-refractivity contribution in [2.45, 2.75) is 19.9 Å². The molecule has 20 heavy (non-hydrogen) atoms. The highest BCUT2D eigenvalue weighted by atomic mass is 32.1. The maximum absolute atomic E-state index is 12.2. The molecule has 0 spiro atoms. The first-order valence-corrected chi connectivity index (χ1v) is 7.01. The van der Waals surface area contributed by atoms with Gasteiger partial charge in [-0.3, -0.25) is 14.2 Å². The lowest BCUT2D eigenvalue weighted by atomic mass is 10.3. The fraction of sp³-hybridized carbons (Fsp3) is 0.231. The molecule has 0 aliphatic heterocycles. The van der Waals surface area contributed by atoms with E-state index in [1.54, 1.807) is 13.0 Å². The van der Waals surface area contributed by atoms with Crippen LogP contribution in [0.25, 0.3) is 10.2 Å². The van der Waals surface area contributed by atoms with E-state index < -0.39 is 0 Å². The van der Waals surface area contributed by atoms with Gasteiger partial charge < -0.3 is 4.98 Å². The summed E-state index contributed by atoms with van der Waals surface area (Å²) in [6.45, 7) is 2.20. The van der Waals surface area contributed by atoms with Gasteiger partial charge >= 0.3 is 0 Å². The van der Waals surface area contributed by atoms with E-state index in [0.717, 1.165) is 4.83 Å². The Labute approximate surface area is 117 Å². The van der Waals surface area contributed by atoms with Crippen molar-refractivity contribution < 1.29 is 0 Å². The van der Waals surface area contributed by atoms with Crippen LogP contribution in [0.2, 0.25) is 0 Å². The lowest BCUT2D eigenvalue weighted by Gasteiger charge is -2.05. The van der Waals surface area contributed by atoms with E-state index >= 15 is 0 Å². The molecule has 0 fully saturated rings. The normalized spacial score (nSPS) is 11.1. The molecule has 7 heteroatoms. The summed E-state index contributed by atoms with van der Waals surface area (Å²) in [5.74, 6) is 0.576. The van der Waals surface area contributed by atoms with Gasteiger partial charge in [0.05, 0.1) is 11.7 Å². The van der Waals surface area contributed by atoms with E-state index in [9.17, 15) is 9.59 Å². The lowest BCUT2D eigenvalue weighted by Crippen LogP contribution is -2.22. The first-order chi connectivity index (χ1) is 9.63. The van der Waals surface area contributed by atoms with Crippen LogP contribution < -0.4 is 11.1 Å². The topological polar surface area (TPSA) is 80.6 Å². The second-order valence-corrected chi connectivity index (χ2v) is 5.36. The molecule has 0 bridgehead atoms. The standard InChI is InChI=1S/C13H12N4O2S/c1-8-6-11(18)16-10(15-8)2-4-17-7-14-12-9(13(17)19)3-5-20-12/h3,5-7H,2,4H2,1H3,(H,15,16,18). The fourth-order valence-electron chi connectivity index (χ4n) is 2.04. The first-order valence-electron chi connectivity index (χ1n) is 6.13. The van der Waals surface area contributed by atoms with Crippen LogP contribution >= 0.6 is 11.3 Å². The smallest absolute Gasteiger partial charge is 0.262 e. The number of hydrogen-bond acceptors (Lipinski definition) is 5. The van der Waals surface area contributed by atoms with E-state index in [1.165, 1.54) is 28.3 Å². The molecule has 0 aliphatic rings. The summed E-state index contributed by atoms with van der Waals surface area (Å²) >= 11 is 1.44. The Kier molecular flexibility index (Phi) is 3.19. The van der Waals surface area contributed by atoms with E-state index in [4.69, 9.17) is 0 Å². The van der Waals surface area contributed by atoms with Crippen LogP contribution in [0.15, 0.2) is 33.4 Å². The molecule has 102 valence electrons. The van der Waals surface area contributed by atoms with Gasteiger partial charge in [-0.25, -0.2) is 9.97 Å². The number of rotatable bonds is 3. The molecule has 0 aliphatic carbocycles. The second-order valence-electron chi connectivity index (χ2n) is 4.47. The third-order valence-electron chi connectivity index (χ3n) is 2.96. The molecule has 3 aromatic rings. The summed E-state index contributed by atoms with van der Waals surface area (Å²) in [5.41, 5.74) is 0.431. The molecule has 3 rings (SSSR count). The van der Waals surface area contributed by atoms with E-state index in [1.807, 2.05) is 5.38 Å². The van der Waals surface area contributed by atoms with Gasteiger partial charge in [-0.05, 0) is 18.4 Å². The quantitative estimate of drug-likeness (QED) is 0.782. The number of aromatic amines is 1. The number of hydrogen-bond donors (Lipinski definition) is 1. The maximum Gasteiger partial charge on any atom is 0.262 e. The van der Waals surface area contributed by atoms with Crippen LogP contribution in [0.1, 0.15) is 11.5 Å². The highest BCUT2D eigenvalue weighted by Crippen LogP contribution is 2.13. The Morgan fingerprint density at radius 1 is 1.40 bits per heavy atom. The third-order valence-corrected chi connectivity index (χ3v) is 3.78. The zero-order chi connectivity index (χ0) is 14.1. The molecule has 3 aromatic heterocycles. The summed E-state index contributed by atoms with van der Waals surface area (Å²) in [5, 5.41) is 2.48. The van der Waals surface area contributed by atoms with Crippen LogP contribution in [0.5, 0.6) is 0 Å². The van der Waals surface area contributed by atoms with Crippen molar-refractivity contribution in [2.75, 3.05) is 0 Å². The minimum atomic E-state index is -0.175. The van der Waals surface area contributed by atoms with Gasteiger partial charge in [0.15, 0.2) is 0 Å². The molecular weight excluding hydrogens is 276 g/mol. The predicted molar refractivity (Wildman–Crippen MR) is 77.2 cm³/mol.